The maximum atomic E-state index is 10.9. The molecule has 1 aromatic carbocycles. The van der Waals surface area contributed by atoms with Crippen molar-refractivity contribution in [1.29, 1.82) is 0 Å². The Morgan fingerprint density at radius 2 is 1.89 bits per heavy atom. The van der Waals surface area contributed by atoms with Gasteiger partial charge >= 0.3 is 5.97 Å². The van der Waals surface area contributed by atoms with Crippen LogP contribution in [0.5, 0.6) is 0 Å². The maximum Gasteiger partial charge on any atom is 0.307 e. The molecule has 3 heteroatoms. The number of hydrogen-bond donors (Lipinski definition) is 2. The van der Waals surface area contributed by atoms with E-state index >= 15 is 0 Å². The predicted molar refractivity (Wildman–Crippen MR) is 78.0 cm³/mol. The van der Waals surface area contributed by atoms with E-state index in [1.807, 2.05) is 6.07 Å². The van der Waals surface area contributed by atoms with Gasteiger partial charge in [0.2, 0.25) is 0 Å². The molecule has 2 unspecified atom stereocenters. The SMILES string of the molecule is CCC(CCc1ccccc1)CCC(CN)C(=O)O. The summed E-state index contributed by atoms with van der Waals surface area (Å²) in [5, 5.41) is 8.99. The van der Waals surface area contributed by atoms with Crippen LogP contribution in [0.25, 0.3) is 0 Å². The Labute approximate surface area is 115 Å². The van der Waals surface area contributed by atoms with E-state index in [9.17, 15) is 4.79 Å². The Bertz CT molecular complexity index is 364. The standard InChI is InChI=1S/C16H25NO2/c1-2-13(10-11-15(12-17)16(18)19)8-9-14-6-4-3-5-7-14/h3-7,13,15H,2,8-12,17H2,1H3,(H,18,19). The number of nitrogens with two attached hydrogens (primary N) is 1. The van der Waals surface area contributed by atoms with Crippen LogP contribution < -0.4 is 5.73 Å². The van der Waals surface area contributed by atoms with Crippen LogP contribution in [0.2, 0.25) is 0 Å². The number of hydrogen-bond acceptors (Lipinski definition) is 2. The first-order valence-electron chi connectivity index (χ1n) is 7.14. The lowest BCUT2D eigenvalue weighted by Crippen LogP contribution is -2.24. The van der Waals surface area contributed by atoms with Gasteiger partial charge in [-0.3, -0.25) is 4.79 Å². The molecule has 0 aliphatic heterocycles. The molecular formula is C16H25NO2. The van der Waals surface area contributed by atoms with Gasteiger partial charge in [0, 0.05) is 6.54 Å². The van der Waals surface area contributed by atoms with Crippen molar-refractivity contribution in [2.45, 2.75) is 39.0 Å². The summed E-state index contributed by atoms with van der Waals surface area (Å²) < 4.78 is 0. The van der Waals surface area contributed by atoms with Crippen LogP contribution in [0.4, 0.5) is 0 Å². The third-order valence-electron chi connectivity index (χ3n) is 3.82. The summed E-state index contributed by atoms with van der Waals surface area (Å²) in [6.07, 6.45) is 4.94. The summed E-state index contributed by atoms with van der Waals surface area (Å²) >= 11 is 0. The third kappa shape index (κ3) is 5.88. The molecule has 0 amide bonds. The Kier molecular flexibility index (Phi) is 7.19. The van der Waals surface area contributed by atoms with E-state index in [0.29, 0.717) is 12.3 Å². The van der Waals surface area contributed by atoms with Crippen molar-refractivity contribution in [3.63, 3.8) is 0 Å². The molecule has 0 spiro atoms. The molecule has 0 aliphatic carbocycles. The maximum absolute atomic E-state index is 10.9. The zero-order valence-corrected chi connectivity index (χ0v) is 11.7. The molecule has 0 fully saturated rings. The Morgan fingerprint density at radius 1 is 1.21 bits per heavy atom. The van der Waals surface area contributed by atoms with Crippen molar-refractivity contribution in [2.75, 3.05) is 6.54 Å². The quantitative estimate of drug-likeness (QED) is 0.719. The first kappa shape index (κ1) is 15.7. The number of carbonyl (C=O) groups is 1. The second-order valence-electron chi connectivity index (χ2n) is 5.15. The van der Waals surface area contributed by atoms with Crippen molar-refractivity contribution in [3.8, 4) is 0 Å². The molecule has 0 aromatic heterocycles. The number of aliphatic carboxylic acids is 1. The number of benzene rings is 1. The van der Waals surface area contributed by atoms with Gasteiger partial charge in [0.15, 0.2) is 0 Å². The van der Waals surface area contributed by atoms with E-state index < -0.39 is 5.97 Å². The van der Waals surface area contributed by atoms with Crippen LogP contribution in [-0.4, -0.2) is 17.6 Å². The van der Waals surface area contributed by atoms with E-state index in [2.05, 4.69) is 31.2 Å². The van der Waals surface area contributed by atoms with Gasteiger partial charge in [-0.2, -0.15) is 0 Å². The molecule has 0 saturated carbocycles. The van der Waals surface area contributed by atoms with Crippen molar-refractivity contribution < 1.29 is 9.90 Å². The Morgan fingerprint density at radius 3 is 2.42 bits per heavy atom. The molecule has 1 aromatic rings. The second-order valence-corrected chi connectivity index (χ2v) is 5.15. The average molecular weight is 263 g/mol. The van der Waals surface area contributed by atoms with Gasteiger partial charge in [-0.1, -0.05) is 43.7 Å². The summed E-state index contributed by atoms with van der Waals surface area (Å²) in [6.45, 7) is 2.42. The molecule has 0 heterocycles. The monoisotopic (exact) mass is 263 g/mol. The molecule has 3 N–H and O–H groups in total. The average Bonchev–Trinajstić information content (AvgIpc) is 2.43. The fourth-order valence-corrected chi connectivity index (χ4v) is 2.35. The first-order chi connectivity index (χ1) is 9.17. The number of rotatable bonds is 9. The van der Waals surface area contributed by atoms with Gasteiger partial charge in [0.05, 0.1) is 5.92 Å². The molecule has 106 valence electrons. The highest BCUT2D eigenvalue weighted by Crippen LogP contribution is 2.21. The first-order valence-corrected chi connectivity index (χ1v) is 7.14. The summed E-state index contributed by atoms with van der Waals surface area (Å²) in [7, 11) is 0. The van der Waals surface area contributed by atoms with E-state index in [0.717, 1.165) is 25.7 Å². The fourth-order valence-electron chi connectivity index (χ4n) is 2.35. The van der Waals surface area contributed by atoms with E-state index in [-0.39, 0.29) is 12.5 Å². The number of aryl methyl sites for hydroxylation is 1. The zero-order valence-electron chi connectivity index (χ0n) is 11.7. The van der Waals surface area contributed by atoms with Gasteiger partial charge in [-0.25, -0.2) is 0 Å². The lowest BCUT2D eigenvalue weighted by Gasteiger charge is -2.17. The zero-order chi connectivity index (χ0) is 14.1. The van der Waals surface area contributed by atoms with E-state index in [1.54, 1.807) is 0 Å². The van der Waals surface area contributed by atoms with Crippen LogP contribution in [0, 0.1) is 11.8 Å². The summed E-state index contributed by atoms with van der Waals surface area (Å²) in [6, 6.07) is 10.4. The van der Waals surface area contributed by atoms with Crippen LogP contribution >= 0.6 is 0 Å². The number of carboxylic acid groups (broad SMARTS) is 1. The van der Waals surface area contributed by atoms with Crippen LogP contribution in [0.1, 0.15) is 38.2 Å². The van der Waals surface area contributed by atoms with Gasteiger partial charge in [0.1, 0.15) is 0 Å². The van der Waals surface area contributed by atoms with Gasteiger partial charge in [-0.05, 0) is 37.2 Å². The smallest absolute Gasteiger partial charge is 0.307 e. The van der Waals surface area contributed by atoms with Gasteiger partial charge in [0.25, 0.3) is 0 Å². The van der Waals surface area contributed by atoms with E-state index in [4.69, 9.17) is 10.8 Å². The lowest BCUT2D eigenvalue weighted by atomic mass is 9.89. The molecule has 0 aliphatic rings. The summed E-state index contributed by atoms with van der Waals surface area (Å²) in [5.74, 6) is -0.556. The summed E-state index contributed by atoms with van der Waals surface area (Å²) in [5.41, 5.74) is 6.84. The molecule has 0 saturated heterocycles. The highest BCUT2D eigenvalue weighted by Gasteiger charge is 2.17. The van der Waals surface area contributed by atoms with Gasteiger partial charge < -0.3 is 10.8 Å². The molecule has 19 heavy (non-hydrogen) atoms. The van der Waals surface area contributed by atoms with E-state index in [1.165, 1.54) is 5.56 Å². The van der Waals surface area contributed by atoms with Crippen molar-refractivity contribution >= 4 is 5.97 Å². The molecule has 1 rings (SSSR count). The molecule has 3 nitrogen and oxygen atoms in total. The summed E-state index contributed by atoms with van der Waals surface area (Å²) in [4.78, 5) is 10.9. The normalized spacial score (nSPS) is 14.0. The minimum Gasteiger partial charge on any atom is -0.481 e. The Balaban J connectivity index is 2.35. The van der Waals surface area contributed by atoms with Crippen molar-refractivity contribution in [1.82, 2.24) is 0 Å². The number of carboxylic acids is 1. The lowest BCUT2D eigenvalue weighted by molar-refractivity contribution is -0.141. The largest absolute Gasteiger partial charge is 0.481 e. The minimum absolute atomic E-state index is 0.241. The van der Waals surface area contributed by atoms with Gasteiger partial charge in [-0.15, -0.1) is 0 Å². The molecule has 0 bridgehead atoms. The molecular weight excluding hydrogens is 238 g/mol. The highest BCUT2D eigenvalue weighted by atomic mass is 16.4. The highest BCUT2D eigenvalue weighted by molar-refractivity contribution is 5.70. The Hall–Kier alpha value is -1.35. The van der Waals surface area contributed by atoms with Crippen LogP contribution in [0.3, 0.4) is 0 Å². The topological polar surface area (TPSA) is 63.3 Å². The molecule has 0 radical (unpaired) electrons. The predicted octanol–water partition coefficient (Wildman–Crippen LogP) is 3.09. The minimum atomic E-state index is -0.764. The van der Waals surface area contributed by atoms with Crippen molar-refractivity contribution in [3.05, 3.63) is 35.9 Å². The van der Waals surface area contributed by atoms with Crippen LogP contribution in [0.15, 0.2) is 30.3 Å². The second kappa shape index (κ2) is 8.70. The fraction of sp³-hybridized carbons (Fsp3) is 0.562. The van der Waals surface area contributed by atoms with Crippen LogP contribution in [-0.2, 0) is 11.2 Å². The van der Waals surface area contributed by atoms with Crippen molar-refractivity contribution in [2.24, 2.45) is 17.6 Å². The molecule has 2 atom stereocenters. The third-order valence-corrected chi connectivity index (χ3v) is 3.82.